The summed E-state index contributed by atoms with van der Waals surface area (Å²) < 4.78 is 19.9. The minimum atomic E-state index is -0.335. The summed E-state index contributed by atoms with van der Waals surface area (Å²) in [6.07, 6.45) is 6.65. The summed E-state index contributed by atoms with van der Waals surface area (Å²) in [6.45, 7) is 4.65. The van der Waals surface area contributed by atoms with Crippen LogP contribution in [0, 0.1) is 12.7 Å². The van der Waals surface area contributed by atoms with Gasteiger partial charge in [0.1, 0.15) is 5.82 Å². The molecule has 1 unspecified atom stereocenters. The highest BCUT2D eigenvalue weighted by Gasteiger charge is 2.41. The number of hydrazine groups is 1. The number of hydrogen-bond acceptors (Lipinski definition) is 3. The van der Waals surface area contributed by atoms with Gasteiger partial charge >= 0.3 is 0 Å². The Kier molecular flexibility index (Phi) is 5.73. The molecule has 118 valence electrons. The van der Waals surface area contributed by atoms with E-state index >= 15 is 0 Å². The fraction of sp³-hybridized carbons (Fsp3) is 0.647. The second kappa shape index (κ2) is 7.34. The third kappa shape index (κ3) is 3.62. The molecule has 1 atom stereocenters. The van der Waals surface area contributed by atoms with Crippen LogP contribution in [0.25, 0.3) is 0 Å². The Morgan fingerprint density at radius 1 is 1.29 bits per heavy atom. The zero-order valence-corrected chi connectivity index (χ0v) is 13.1. The van der Waals surface area contributed by atoms with Crippen molar-refractivity contribution in [2.24, 2.45) is 5.84 Å². The normalized spacial score (nSPS) is 20.0. The molecule has 0 aromatic heterocycles. The number of halogens is 1. The summed E-state index contributed by atoms with van der Waals surface area (Å²) >= 11 is 0. The fourth-order valence-corrected chi connectivity index (χ4v) is 3.58. The summed E-state index contributed by atoms with van der Waals surface area (Å²) in [4.78, 5) is 0. The lowest BCUT2D eigenvalue weighted by Crippen LogP contribution is -2.48. The van der Waals surface area contributed by atoms with Gasteiger partial charge in [-0.25, -0.2) is 4.39 Å². The molecule has 1 fully saturated rings. The molecule has 2 rings (SSSR count). The van der Waals surface area contributed by atoms with Gasteiger partial charge in [0.2, 0.25) is 0 Å². The first-order valence-corrected chi connectivity index (χ1v) is 7.99. The number of aryl methyl sites for hydroxylation is 1. The van der Waals surface area contributed by atoms with Crippen LogP contribution in [0.3, 0.4) is 0 Å². The van der Waals surface area contributed by atoms with Gasteiger partial charge in [-0.05, 0) is 49.9 Å². The van der Waals surface area contributed by atoms with E-state index in [-0.39, 0.29) is 17.5 Å². The first kappa shape index (κ1) is 16.4. The van der Waals surface area contributed by atoms with Crippen molar-refractivity contribution in [2.75, 3.05) is 6.61 Å². The Labute approximate surface area is 127 Å². The van der Waals surface area contributed by atoms with E-state index in [1.807, 2.05) is 19.9 Å². The number of nitrogens with two attached hydrogens (primary N) is 1. The van der Waals surface area contributed by atoms with Crippen LogP contribution in [-0.2, 0) is 4.74 Å². The molecule has 0 radical (unpaired) electrons. The van der Waals surface area contributed by atoms with E-state index in [0.717, 1.165) is 36.8 Å². The summed E-state index contributed by atoms with van der Waals surface area (Å²) in [5.41, 5.74) is 4.54. The molecule has 1 aromatic carbocycles. The number of nitrogens with one attached hydrogen (secondary N) is 1. The molecule has 1 aliphatic carbocycles. The van der Waals surface area contributed by atoms with Gasteiger partial charge in [-0.1, -0.05) is 31.7 Å². The van der Waals surface area contributed by atoms with E-state index in [2.05, 4.69) is 5.43 Å². The van der Waals surface area contributed by atoms with E-state index in [9.17, 15) is 4.39 Å². The molecule has 4 heteroatoms. The van der Waals surface area contributed by atoms with Crippen LogP contribution in [0.4, 0.5) is 4.39 Å². The van der Waals surface area contributed by atoms with Gasteiger partial charge in [-0.2, -0.15) is 0 Å². The van der Waals surface area contributed by atoms with Crippen LogP contribution in [0.1, 0.15) is 62.6 Å². The van der Waals surface area contributed by atoms with Crippen molar-refractivity contribution < 1.29 is 9.13 Å². The van der Waals surface area contributed by atoms with Gasteiger partial charge in [0.05, 0.1) is 11.6 Å². The predicted molar refractivity (Wildman–Crippen MR) is 83.3 cm³/mol. The summed E-state index contributed by atoms with van der Waals surface area (Å²) in [7, 11) is 0. The minimum absolute atomic E-state index is 0.175. The molecule has 0 spiro atoms. The lowest BCUT2D eigenvalue weighted by Gasteiger charge is -2.40. The van der Waals surface area contributed by atoms with Crippen molar-refractivity contribution >= 4 is 0 Å². The van der Waals surface area contributed by atoms with Crippen LogP contribution in [0.5, 0.6) is 0 Å². The number of hydrogen-bond donors (Lipinski definition) is 2. The largest absolute Gasteiger partial charge is 0.373 e. The average molecular weight is 294 g/mol. The summed E-state index contributed by atoms with van der Waals surface area (Å²) in [6, 6.07) is 4.72. The highest BCUT2D eigenvalue weighted by molar-refractivity contribution is 5.32. The molecular weight excluding hydrogens is 267 g/mol. The molecule has 0 heterocycles. The second-order valence-electron chi connectivity index (χ2n) is 6.01. The fourth-order valence-electron chi connectivity index (χ4n) is 3.58. The maximum Gasteiger partial charge on any atom is 0.123 e. The number of rotatable bonds is 5. The quantitative estimate of drug-likeness (QED) is 0.494. The van der Waals surface area contributed by atoms with Crippen LogP contribution in [0.15, 0.2) is 18.2 Å². The van der Waals surface area contributed by atoms with Gasteiger partial charge < -0.3 is 4.74 Å². The van der Waals surface area contributed by atoms with E-state index in [4.69, 9.17) is 10.6 Å². The van der Waals surface area contributed by atoms with Gasteiger partial charge in [0.25, 0.3) is 0 Å². The van der Waals surface area contributed by atoms with E-state index in [1.54, 1.807) is 6.07 Å². The molecule has 0 amide bonds. The Balaban J connectivity index is 2.41. The van der Waals surface area contributed by atoms with Crippen LogP contribution in [0.2, 0.25) is 0 Å². The number of benzene rings is 1. The maximum atomic E-state index is 13.7. The first-order chi connectivity index (χ1) is 10.1. The monoisotopic (exact) mass is 294 g/mol. The number of ether oxygens (including phenoxy) is 1. The van der Waals surface area contributed by atoms with E-state index < -0.39 is 0 Å². The van der Waals surface area contributed by atoms with Crippen LogP contribution >= 0.6 is 0 Å². The molecular formula is C17H27FN2O. The zero-order valence-electron chi connectivity index (χ0n) is 13.1. The zero-order chi connectivity index (χ0) is 15.3. The average Bonchev–Trinajstić information content (AvgIpc) is 2.70. The third-order valence-corrected chi connectivity index (χ3v) is 4.63. The van der Waals surface area contributed by atoms with Crippen molar-refractivity contribution in [1.29, 1.82) is 0 Å². The molecule has 0 saturated heterocycles. The van der Waals surface area contributed by atoms with Gasteiger partial charge in [0, 0.05) is 6.61 Å². The van der Waals surface area contributed by atoms with Gasteiger partial charge in [0.15, 0.2) is 0 Å². The van der Waals surface area contributed by atoms with Crippen molar-refractivity contribution in [2.45, 2.75) is 64.0 Å². The Bertz CT molecular complexity index is 456. The van der Waals surface area contributed by atoms with Crippen molar-refractivity contribution in [1.82, 2.24) is 5.43 Å². The maximum absolute atomic E-state index is 13.7. The topological polar surface area (TPSA) is 47.3 Å². The first-order valence-electron chi connectivity index (χ1n) is 7.99. The molecule has 1 aliphatic rings. The van der Waals surface area contributed by atoms with Crippen molar-refractivity contribution in [3.63, 3.8) is 0 Å². The standard InChI is InChI=1S/C17H27FN2O/c1-3-21-17(10-6-4-5-7-11-17)16(20-19)15-12-14(18)9-8-13(15)2/h8-9,12,16,20H,3-7,10-11,19H2,1-2H3. The third-order valence-electron chi connectivity index (χ3n) is 4.63. The highest BCUT2D eigenvalue weighted by Crippen LogP contribution is 2.41. The molecule has 3 N–H and O–H groups in total. The SMILES string of the molecule is CCOC1(C(NN)c2cc(F)ccc2C)CCCCCC1. The Morgan fingerprint density at radius 2 is 1.95 bits per heavy atom. The predicted octanol–water partition coefficient (Wildman–Crippen LogP) is 3.77. The molecule has 0 bridgehead atoms. The lowest BCUT2D eigenvalue weighted by molar-refractivity contribution is -0.0784. The van der Waals surface area contributed by atoms with Crippen LogP contribution in [-0.4, -0.2) is 12.2 Å². The molecule has 1 aromatic rings. The second-order valence-corrected chi connectivity index (χ2v) is 6.01. The van der Waals surface area contributed by atoms with Gasteiger partial charge in [-0.3, -0.25) is 11.3 Å². The summed E-state index contributed by atoms with van der Waals surface area (Å²) in [5.74, 6) is 5.64. The molecule has 3 nitrogen and oxygen atoms in total. The smallest absolute Gasteiger partial charge is 0.123 e. The Morgan fingerprint density at radius 3 is 2.52 bits per heavy atom. The van der Waals surface area contributed by atoms with Crippen molar-refractivity contribution in [3.05, 3.63) is 35.1 Å². The minimum Gasteiger partial charge on any atom is -0.373 e. The summed E-state index contributed by atoms with van der Waals surface area (Å²) in [5, 5.41) is 0. The molecule has 1 saturated carbocycles. The highest BCUT2D eigenvalue weighted by atomic mass is 19.1. The van der Waals surface area contributed by atoms with Crippen LogP contribution < -0.4 is 11.3 Å². The lowest BCUT2D eigenvalue weighted by atomic mass is 9.81. The molecule has 21 heavy (non-hydrogen) atoms. The van der Waals surface area contributed by atoms with E-state index in [1.165, 1.54) is 18.9 Å². The van der Waals surface area contributed by atoms with E-state index in [0.29, 0.717) is 6.61 Å². The van der Waals surface area contributed by atoms with Crippen molar-refractivity contribution in [3.8, 4) is 0 Å². The Hall–Kier alpha value is -0.970. The van der Waals surface area contributed by atoms with Gasteiger partial charge in [-0.15, -0.1) is 0 Å². The molecule has 0 aliphatic heterocycles.